The van der Waals surface area contributed by atoms with Crippen LogP contribution in [-0.2, 0) is 17.6 Å². The second-order valence-electron chi connectivity index (χ2n) is 8.87. The Bertz CT molecular complexity index is 1410. The molecule has 4 aromatic rings. The van der Waals surface area contributed by atoms with Crippen molar-refractivity contribution in [2.45, 2.75) is 39.0 Å². The molecular formula is C26H24N4O3. The van der Waals surface area contributed by atoms with Gasteiger partial charge < -0.3 is 19.8 Å². The summed E-state index contributed by atoms with van der Waals surface area (Å²) in [6, 6.07) is 12.1. The summed E-state index contributed by atoms with van der Waals surface area (Å²) in [4.78, 5) is 24.3. The summed E-state index contributed by atoms with van der Waals surface area (Å²) in [7, 11) is 0. The number of fused-ring (bicyclic) bond motifs is 3. The number of carbonyl (C=O) groups is 1. The van der Waals surface area contributed by atoms with Gasteiger partial charge >= 0.3 is 0 Å². The van der Waals surface area contributed by atoms with Crippen LogP contribution in [0.3, 0.4) is 0 Å². The number of nitrogens with one attached hydrogen (secondary N) is 2. The standard InChI is InChI=1S/C26H24N4O3/c1-14-9-15(2)24-20(10-14)28-25(30-24)17-11-16-12-18(3-5-21(16)32-13-17)33-22-7-8-27-26-19(22)4-6-23(31)29-26/h3,5,7-10,12,17H,4,6,11,13H2,1-2H3,(H,28,30)(H,27,29,31). The molecule has 0 saturated carbocycles. The van der Waals surface area contributed by atoms with E-state index in [9.17, 15) is 4.79 Å². The van der Waals surface area contributed by atoms with E-state index in [2.05, 4.69) is 41.3 Å². The number of pyridine rings is 1. The van der Waals surface area contributed by atoms with E-state index in [-0.39, 0.29) is 11.8 Å². The smallest absolute Gasteiger partial charge is 0.225 e. The summed E-state index contributed by atoms with van der Waals surface area (Å²) in [6.07, 6.45) is 3.52. The van der Waals surface area contributed by atoms with E-state index >= 15 is 0 Å². The zero-order valence-corrected chi connectivity index (χ0v) is 18.6. The fourth-order valence-corrected chi connectivity index (χ4v) is 4.77. The summed E-state index contributed by atoms with van der Waals surface area (Å²) in [6.45, 7) is 4.78. The zero-order chi connectivity index (χ0) is 22.5. The number of hydrogen-bond donors (Lipinski definition) is 2. The van der Waals surface area contributed by atoms with Crippen molar-refractivity contribution in [2.24, 2.45) is 0 Å². The highest BCUT2D eigenvalue weighted by Gasteiger charge is 2.26. The number of amides is 1. The van der Waals surface area contributed by atoms with Crippen LogP contribution < -0.4 is 14.8 Å². The normalized spacial score (nSPS) is 17.2. The van der Waals surface area contributed by atoms with Gasteiger partial charge in [0.05, 0.1) is 23.6 Å². The summed E-state index contributed by atoms with van der Waals surface area (Å²) in [5.74, 6) is 4.00. The minimum absolute atomic E-state index is 0.0138. The van der Waals surface area contributed by atoms with Gasteiger partial charge in [-0.15, -0.1) is 0 Å². The lowest BCUT2D eigenvalue weighted by molar-refractivity contribution is -0.116. The molecule has 1 unspecified atom stereocenters. The topological polar surface area (TPSA) is 89.1 Å². The molecule has 0 spiro atoms. The van der Waals surface area contributed by atoms with Crippen LogP contribution in [0.5, 0.6) is 17.2 Å². The highest BCUT2D eigenvalue weighted by Crippen LogP contribution is 2.37. The van der Waals surface area contributed by atoms with Gasteiger partial charge in [0, 0.05) is 18.2 Å². The number of hydrogen-bond acceptors (Lipinski definition) is 5. The zero-order valence-electron chi connectivity index (χ0n) is 18.6. The van der Waals surface area contributed by atoms with E-state index < -0.39 is 0 Å². The van der Waals surface area contributed by atoms with Gasteiger partial charge in [-0.2, -0.15) is 0 Å². The third-order valence-corrected chi connectivity index (χ3v) is 6.37. The van der Waals surface area contributed by atoms with Gasteiger partial charge in [0.15, 0.2) is 0 Å². The molecule has 2 aromatic carbocycles. The molecule has 2 aliphatic heterocycles. The van der Waals surface area contributed by atoms with E-state index in [0.717, 1.165) is 51.7 Å². The van der Waals surface area contributed by atoms with E-state index in [0.29, 0.717) is 25.3 Å². The van der Waals surface area contributed by atoms with Crippen molar-refractivity contribution in [3.63, 3.8) is 0 Å². The lowest BCUT2D eigenvalue weighted by Gasteiger charge is -2.25. The Hall–Kier alpha value is -3.87. The molecule has 2 N–H and O–H groups in total. The van der Waals surface area contributed by atoms with Crippen LogP contribution in [-0.4, -0.2) is 27.5 Å². The minimum atomic E-state index is -0.0138. The number of carbonyl (C=O) groups excluding carboxylic acids is 1. The largest absolute Gasteiger partial charge is 0.493 e. The maximum Gasteiger partial charge on any atom is 0.225 e. The Kier molecular flexibility index (Phi) is 4.57. The van der Waals surface area contributed by atoms with Crippen LogP contribution in [0, 0.1) is 13.8 Å². The number of rotatable bonds is 3. The Morgan fingerprint density at radius 2 is 2.03 bits per heavy atom. The number of anilines is 1. The third-order valence-electron chi connectivity index (χ3n) is 6.37. The number of aryl methyl sites for hydroxylation is 2. The summed E-state index contributed by atoms with van der Waals surface area (Å²) in [5, 5.41) is 2.82. The number of ether oxygens (including phenoxy) is 2. The molecule has 166 valence electrons. The van der Waals surface area contributed by atoms with Gasteiger partial charge in [-0.3, -0.25) is 4.79 Å². The summed E-state index contributed by atoms with van der Waals surface area (Å²) in [5.41, 5.74) is 6.51. The SMILES string of the molecule is Cc1cc(C)c2nc(C3COc4ccc(Oc5ccnc6c5CCC(=O)N6)cc4C3)[nH]c2c1. The average Bonchev–Trinajstić information content (AvgIpc) is 3.23. The molecule has 4 heterocycles. The van der Waals surface area contributed by atoms with E-state index in [1.165, 1.54) is 11.1 Å². The fourth-order valence-electron chi connectivity index (χ4n) is 4.77. The van der Waals surface area contributed by atoms with Crippen LogP contribution >= 0.6 is 0 Å². The number of nitrogens with zero attached hydrogens (tertiary/aromatic N) is 2. The molecule has 2 aromatic heterocycles. The molecule has 33 heavy (non-hydrogen) atoms. The number of aromatic amines is 1. The predicted octanol–water partition coefficient (Wildman–Crippen LogP) is 4.97. The first-order valence-electron chi connectivity index (χ1n) is 11.2. The van der Waals surface area contributed by atoms with Gasteiger partial charge in [0.1, 0.15) is 28.9 Å². The van der Waals surface area contributed by atoms with Gasteiger partial charge in [-0.1, -0.05) is 6.07 Å². The van der Waals surface area contributed by atoms with Crippen molar-refractivity contribution in [3.05, 3.63) is 70.7 Å². The van der Waals surface area contributed by atoms with E-state index in [1.54, 1.807) is 6.20 Å². The lowest BCUT2D eigenvalue weighted by Crippen LogP contribution is -2.20. The first-order chi connectivity index (χ1) is 16.0. The number of benzene rings is 2. The van der Waals surface area contributed by atoms with E-state index in [1.807, 2.05) is 24.3 Å². The van der Waals surface area contributed by atoms with Crippen molar-refractivity contribution in [2.75, 3.05) is 11.9 Å². The molecule has 0 radical (unpaired) electrons. The Labute approximate surface area is 191 Å². The van der Waals surface area contributed by atoms with Crippen molar-refractivity contribution >= 4 is 22.8 Å². The summed E-state index contributed by atoms with van der Waals surface area (Å²) >= 11 is 0. The first kappa shape index (κ1) is 19.8. The second kappa shape index (κ2) is 7.62. The van der Waals surface area contributed by atoms with Crippen LogP contribution in [0.25, 0.3) is 11.0 Å². The molecular weight excluding hydrogens is 416 g/mol. The molecule has 0 fully saturated rings. The Morgan fingerprint density at radius 3 is 2.94 bits per heavy atom. The van der Waals surface area contributed by atoms with Crippen LogP contribution in [0.15, 0.2) is 42.6 Å². The maximum atomic E-state index is 11.7. The molecule has 0 saturated heterocycles. The van der Waals surface area contributed by atoms with Crippen molar-refractivity contribution < 1.29 is 14.3 Å². The van der Waals surface area contributed by atoms with Crippen molar-refractivity contribution in [1.82, 2.24) is 15.0 Å². The summed E-state index contributed by atoms with van der Waals surface area (Å²) < 4.78 is 12.3. The highest BCUT2D eigenvalue weighted by molar-refractivity contribution is 5.93. The number of aromatic nitrogens is 3. The van der Waals surface area contributed by atoms with Crippen molar-refractivity contribution in [1.29, 1.82) is 0 Å². The number of imidazole rings is 1. The average molecular weight is 441 g/mol. The molecule has 1 atom stereocenters. The molecule has 2 aliphatic rings. The van der Waals surface area contributed by atoms with Crippen LogP contribution in [0.4, 0.5) is 5.82 Å². The molecule has 1 amide bonds. The predicted molar refractivity (Wildman–Crippen MR) is 125 cm³/mol. The second-order valence-corrected chi connectivity index (χ2v) is 8.87. The molecule has 7 nitrogen and oxygen atoms in total. The quantitative estimate of drug-likeness (QED) is 0.470. The first-order valence-corrected chi connectivity index (χ1v) is 11.2. The fraction of sp³-hybridized carbons (Fsp3) is 0.269. The molecule has 0 bridgehead atoms. The van der Waals surface area contributed by atoms with E-state index in [4.69, 9.17) is 14.5 Å². The maximum absolute atomic E-state index is 11.7. The molecule has 6 rings (SSSR count). The van der Waals surface area contributed by atoms with Crippen molar-refractivity contribution in [3.8, 4) is 17.2 Å². The molecule has 0 aliphatic carbocycles. The molecule has 7 heteroatoms. The van der Waals surface area contributed by atoms with Crippen LogP contribution in [0.2, 0.25) is 0 Å². The van der Waals surface area contributed by atoms with Crippen LogP contribution in [0.1, 0.15) is 40.4 Å². The van der Waals surface area contributed by atoms with Gasteiger partial charge in [-0.05, 0) is 73.7 Å². The minimum Gasteiger partial charge on any atom is -0.493 e. The third kappa shape index (κ3) is 3.59. The van der Waals surface area contributed by atoms with Gasteiger partial charge in [-0.25, -0.2) is 9.97 Å². The monoisotopic (exact) mass is 440 g/mol. The Morgan fingerprint density at radius 1 is 1.12 bits per heavy atom. The lowest BCUT2D eigenvalue weighted by atomic mass is 9.96. The van der Waals surface area contributed by atoms with Gasteiger partial charge in [0.2, 0.25) is 5.91 Å². The van der Waals surface area contributed by atoms with Gasteiger partial charge in [0.25, 0.3) is 0 Å². The highest BCUT2D eigenvalue weighted by atomic mass is 16.5. The Balaban J connectivity index is 1.27. The number of H-pyrrole nitrogens is 1.